The third-order valence-electron chi connectivity index (χ3n) is 4.72. The Morgan fingerprint density at radius 3 is 2.55 bits per heavy atom. The Balaban J connectivity index is 1.79. The van der Waals surface area contributed by atoms with Gasteiger partial charge >= 0.3 is 6.16 Å². The first kappa shape index (κ1) is 20.7. The summed E-state index contributed by atoms with van der Waals surface area (Å²) < 4.78 is 22.1. The van der Waals surface area contributed by atoms with Gasteiger partial charge in [-0.15, -0.1) is 0 Å². The fourth-order valence-electron chi connectivity index (χ4n) is 3.47. The van der Waals surface area contributed by atoms with Gasteiger partial charge in [-0.2, -0.15) is 0 Å². The highest BCUT2D eigenvalue weighted by molar-refractivity contribution is 6.12. The number of aromatic amines is 1. The molecule has 0 amide bonds. The second kappa shape index (κ2) is 9.06. The van der Waals surface area contributed by atoms with Crippen molar-refractivity contribution in [2.45, 2.75) is 33.2 Å². The first-order valence-electron chi connectivity index (χ1n) is 10.0. The van der Waals surface area contributed by atoms with Gasteiger partial charge in [-0.05, 0) is 31.5 Å². The molecule has 7 heteroatoms. The van der Waals surface area contributed by atoms with Crippen molar-refractivity contribution < 1.29 is 23.7 Å². The molecule has 0 spiro atoms. The number of fused-ring (bicyclic) bond motifs is 3. The van der Waals surface area contributed by atoms with E-state index in [9.17, 15) is 4.79 Å². The Kier molecular flexibility index (Phi) is 6.04. The number of nitrogens with zero attached hydrogens (tertiary/aromatic N) is 1. The number of methoxy groups -OCH3 is 1. The molecule has 7 nitrogen and oxygen atoms in total. The van der Waals surface area contributed by atoms with Gasteiger partial charge in [0.25, 0.3) is 0 Å². The summed E-state index contributed by atoms with van der Waals surface area (Å²) in [7, 11) is 1.58. The summed E-state index contributed by atoms with van der Waals surface area (Å²) >= 11 is 0. The van der Waals surface area contributed by atoms with Gasteiger partial charge in [0, 0.05) is 17.9 Å². The van der Waals surface area contributed by atoms with Crippen LogP contribution in [0.2, 0.25) is 0 Å². The molecule has 4 rings (SSSR count). The van der Waals surface area contributed by atoms with E-state index in [1.807, 2.05) is 48.5 Å². The van der Waals surface area contributed by atoms with Crippen LogP contribution in [0.25, 0.3) is 21.8 Å². The molecule has 0 bridgehead atoms. The van der Waals surface area contributed by atoms with Crippen LogP contribution < -0.4 is 9.47 Å². The van der Waals surface area contributed by atoms with Gasteiger partial charge in [-0.3, -0.25) is 0 Å². The van der Waals surface area contributed by atoms with Gasteiger partial charge in [0.05, 0.1) is 35.5 Å². The molecule has 160 valence electrons. The zero-order valence-electron chi connectivity index (χ0n) is 17.7. The second-order valence-electron chi connectivity index (χ2n) is 7.36. The Morgan fingerprint density at radius 1 is 1.00 bits per heavy atom. The lowest BCUT2D eigenvalue weighted by molar-refractivity contribution is 0.0705. The summed E-state index contributed by atoms with van der Waals surface area (Å²) in [5.74, 6) is 0.866. The van der Waals surface area contributed by atoms with Crippen LogP contribution in [-0.2, 0) is 22.7 Å². The topological polar surface area (TPSA) is 82.7 Å². The van der Waals surface area contributed by atoms with Crippen molar-refractivity contribution in [1.29, 1.82) is 0 Å². The number of benzene rings is 2. The molecule has 31 heavy (non-hydrogen) atoms. The SMILES string of the molecule is COCc1c(OC(=O)OC(C)C)ncc2[nH]c3cccc(OCc4ccccc4)c3c12. The number of hydrogen-bond donors (Lipinski definition) is 1. The summed E-state index contributed by atoms with van der Waals surface area (Å²) in [6.07, 6.45) is 0.528. The molecular formula is C24H24N2O5. The Bertz CT molecular complexity index is 1200. The monoisotopic (exact) mass is 420 g/mol. The number of hydrogen-bond acceptors (Lipinski definition) is 6. The maximum Gasteiger partial charge on any atom is 0.515 e. The predicted molar refractivity (Wildman–Crippen MR) is 117 cm³/mol. The largest absolute Gasteiger partial charge is 0.515 e. The van der Waals surface area contributed by atoms with Gasteiger partial charge in [-0.1, -0.05) is 36.4 Å². The zero-order chi connectivity index (χ0) is 21.8. The van der Waals surface area contributed by atoms with Gasteiger partial charge < -0.3 is 23.9 Å². The first-order chi connectivity index (χ1) is 15.1. The van der Waals surface area contributed by atoms with Gasteiger partial charge in [0.15, 0.2) is 0 Å². The number of rotatable bonds is 7. The number of carbonyl (C=O) groups excluding carboxylic acids is 1. The van der Waals surface area contributed by atoms with Crippen LogP contribution in [-0.4, -0.2) is 29.3 Å². The Hall–Kier alpha value is -3.58. The molecule has 0 radical (unpaired) electrons. The molecule has 0 atom stereocenters. The van der Waals surface area contributed by atoms with Crippen molar-refractivity contribution in [3.8, 4) is 11.6 Å². The van der Waals surface area contributed by atoms with Crippen LogP contribution in [0.5, 0.6) is 11.6 Å². The van der Waals surface area contributed by atoms with Crippen molar-refractivity contribution in [2.24, 2.45) is 0 Å². The average Bonchev–Trinajstić information content (AvgIpc) is 3.13. The van der Waals surface area contributed by atoms with Crippen LogP contribution in [0.4, 0.5) is 4.79 Å². The summed E-state index contributed by atoms with van der Waals surface area (Å²) in [6, 6.07) is 15.8. The normalized spacial score (nSPS) is 11.2. The van der Waals surface area contributed by atoms with Gasteiger partial charge in [0.1, 0.15) is 12.4 Å². The van der Waals surface area contributed by atoms with E-state index < -0.39 is 6.16 Å². The minimum atomic E-state index is -0.806. The molecule has 2 heterocycles. The van der Waals surface area contributed by atoms with E-state index in [-0.39, 0.29) is 18.6 Å². The number of carbonyl (C=O) groups is 1. The van der Waals surface area contributed by atoms with Crippen LogP contribution >= 0.6 is 0 Å². The van der Waals surface area contributed by atoms with Crippen molar-refractivity contribution in [1.82, 2.24) is 9.97 Å². The quantitative estimate of drug-likeness (QED) is 0.405. The zero-order valence-corrected chi connectivity index (χ0v) is 17.7. The minimum absolute atomic E-state index is 0.152. The maximum absolute atomic E-state index is 12.1. The summed E-state index contributed by atoms with van der Waals surface area (Å²) in [4.78, 5) is 19.8. The van der Waals surface area contributed by atoms with E-state index in [1.165, 1.54) is 0 Å². The number of ether oxygens (including phenoxy) is 4. The minimum Gasteiger partial charge on any atom is -0.488 e. The van der Waals surface area contributed by atoms with Crippen molar-refractivity contribution >= 4 is 28.0 Å². The van der Waals surface area contributed by atoms with E-state index in [2.05, 4.69) is 9.97 Å². The Morgan fingerprint density at radius 2 is 1.81 bits per heavy atom. The smallest absolute Gasteiger partial charge is 0.488 e. The molecule has 0 saturated heterocycles. The van der Waals surface area contributed by atoms with Crippen molar-refractivity contribution in [2.75, 3.05) is 7.11 Å². The summed E-state index contributed by atoms with van der Waals surface area (Å²) in [6.45, 7) is 4.14. The summed E-state index contributed by atoms with van der Waals surface area (Å²) in [5, 5.41) is 1.72. The highest BCUT2D eigenvalue weighted by Crippen LogP contribution is 2.38. The standard InChI is InChI=1S/C24H24N2O5/c1-15(2)30-24(27)31-23-17(14-28-3)21-19(12-25-23)26-18-10-7-11-20(22(18)21)29-13-16-8-5-4-6-9-16/h4-12,15,26H,13-14H2,1-3H3. The fourth-order valence-corrected chi connectivity index (χ4v) is 3.47. The molecule has 2 aromatic heterocycles. The molecule has 0 fully saturated rings. The van der Waals surface area contributed by atoms with Crippen molar-refractivity contribution in [3.05, 3.63) is 65.9 Å². The lowest BCUT2D eigenvalue weighted by Crippen LogP contribution is -2.17. The van der Waals surface area contributed by atoms with E-state index in [1.54, 1.807) is 27.2 Å². The van der Waals surface area contributed by atoms with E-state index in [0.29, 0.717) is 17.9 Å². The molecule has 0 saturated carbocycles. The molecular weight excluding hydrogens is 396 g/mol. The predicted octanol–water partition coefficient (Wildman–Crippen LogP) is 5.37. The molecule has 4 aromatic rings. The number of aromatic nitrogens is 2. The third-order valence-corrected chi connectivity index (χ3v) is 4.72. The third kappa shape index (κ3) is 4.46. The first-order valence-corrected chi connectivity index (χ1v) is 10.0. The molecule has 0 aliphatic heterocycles. The molecule has 1 N–H and O–H groups in total. The number of nitrogens with one attached hydrogen (secondary N) is 1. The van der Waals surface area contributed by atoms with E-state index >= 15 is 0 Å². The molecule has 0 aliphatic carbocycles. The van der Waals surface area contributed by atoms with Crippen LogP contribution in [0.15, 0.2) is 54.7 Å². The van der Waals surface area contributed by atoms with Crippen LogP contribution in [0.3, 0.4) is 0 Å². The number of H-pyrrole nitrogens is 1. The summed E-state index contributed by atoms with van der Waals surface area (Å²) in [5.41, 5.74) is 3.39. The van der Waals surface area contributed by atoms with E-state index in [4.69, 9.17) is 18.9 Å². The molecule has 0 unspecified atom stereocenters. The molecule has 0 aliphatic rings. The van der Waals surface area contributed by atoms with E-state index in [0.717, 1.165) is 27.4 Å². The van der Waals surface area contributed by atoms with Crippen LogP contribution in [0.1, 0.15) is 25.0 Å². The van der Waals surface area contributed by atoms with Crippen molar-refractivity contribution in [3.63, 3.8) is 0 Å². The number of pyridine rings is 1. The highest BCUT2D eigenvalue weighted by atomic mass is 16.7. The fraction of sp³-hybridized carbons (Fsp3) is 0.250. The second-order valence-corrected chi connectivity index (χ2v) is 7.36. The lowest BCUT2D eigenvalue weighted by Gasteiger charge is -2.13. The lowest BCUT2D eigenvalue weighted by atomic mass is 10.1. The van der Waals surface area contributed by atoms with Crippen LogP contribution in [0, 0.1) is 0 Å². The highest BCUT2D eigenvalue weighted by Gasteiger charge is 2.21. The molecule has 2 aromatic carbocycles. The van der Waals surface area contributed by atoms with Gasteiger partial charge in [-0.25, -0.2) is 9.78 Å². The average molecular weight is 420 g/mol. The Labute approximate surface area is 179 Å². The maximum atomic E-state index is 12.1. The van der Waals surface area contributed by atoms with Gasteiger partial charge in [0.2, 0.25) is 5.88 Å².